The van der Waals surface area contributed by atoms with Crippen molar-refractivity contribution in [3.05, 3.63) is 93.6 Å². The van der Waals surface area contributed by atoms with Gasteiger partial charge in [-0.3, -0.25) is 14.5 Å². The minimum atomic E-state index is -0.573. The van der Waals surface area contributed by atoms with Crippen molar-refractivity contribution in [3.63, 3.8) is 0 Å². The number of thioether (sulfide) groups is 1. The molecule has 0 aliphatic carbocycles. The molecule has 2 amide bonds. The molecule has 0 atom stereocenters. The molecule has 1 aliphatic heterocycles. The lowest BCUT2D eigenvalue weighted by molar-refractivity contribution is -0.123. The Hall–Kier alpha value is -3.49. The van der Waals surface area contributed by atoms with Gasteiger partial charge in [-0.05, 0) is 66.7 Å². The maximum absolute atomic E-state index is 14.2. The Morgan fingerprint density at radius 1 is 0.944 bits per heavy atom. The molecule has 0 bridgehead atoms. The highest BCUT2D eigenvalue weighted by Gasteiger charge is 2.36. The number of ether oxygens (including phenoxy) is 3. The summed E-state index contributed by atoms with van der Waals surface area (Å²) in [5, 5.41) is -0.335. The average molecular weight is 528 g/mol. The van der Waals surface area contributed by atoms with Gasteiger partial charge in [0.05, 0.1) is 18.1 Å². The summed E-state index contributed by atoms with van der Waals surface area (Å²) in [5.74, 6) is 0.710. The number of amides is 2. The van der Waals surface area contributed by atoms with Crippen LogP contribution in [0.2, 0.25) is 5.02 Å². The third-order valence-corrected chi connectivity index (χ3v) is 6.43. The zero-order chi connectivity index (χ0) is 25.5. The van der Waals surface area contributed by atoms with Crippen LogP contribution in [0.3, 0.4) is 0 Å². The molecule has 1 heterocycles. The SMILES string of the molecule is CCOc1cc(/C=C2\SC(=O)N(Cc3c(F)cccc3Cl)C2=O)ccc1OCCOc1ccccc1. The molecule has 0 spiro atoms. The fourth-order valence-electron chi connectivity index (χ4n) is 3.46. The lowest BCUT2D eigenvalue weighted by atomic mass is 10.1. The molecule has 1 aliphatic rings. The van der Waals surface area contributed by atoms with E-state index in [1.54, 1.807) is 24.3 Å². The van der Waals surface area contributed by atoms with Crippen LogP contribution in [0.15, 0.2) is 71.6 Å². The Labute approximate surface area is 217 Å². The number of imide groups is 1. The molecule has 186 valence electrons. The first-order valence-corrected chi connectivity index (χ1v) is 12.4. The maximum Gasteiger partial charge on any atom is 0.293 e. The summed E-state index contributed by atoms with van der Waals surface area (Å²) in [6.07, 6.45) is 1.60. The van der Waals surface area contributed by atoms with Crippen LogP contribution < -0.4 is 14.2 Å². The first kappa shape index (κ1) is 25.6. The number of nitrogens with zero attached hydrogens (tertiary/aromatic N) is 1. The molecule has 0 saturated carbocycles. The minimum absolute atomic E-state index is 0.0964. The average Bonchev–Trinajstić information content (AvgIpc) is 3.13. The molecular weight excluding hydrogens is 505 g/mol. The van der Waals surface area contributed by atoms with Crippen LogP contribution in [0, 0.1) is 5.82 Å². The third kappa shape index (κ3) is 6.19. The van der Waals surface area contributed by atoms with Gasteiger partial charge in [0.15, 0.2) is 11.5 Å². The van der Waals surface area contributed by atoms with Crippen molar-refractivity contribution in [3.8, 4) is 17.2 Å². The summed E-state index contributed by atoms with van der Waals surface area (Å²) in [4.78, 5) is 26.6. The molecule has 6 nitrogen and oxygen atoms in total. The molecule has 0 unspecified atom stereocenters. The van der Waals surface area contributed by atoms with E-state index < -0.39 is 17.0 Å². The Balaban J connectivity index is 1.44. The predicted molar refractivity (Wildman–Crippen MR) is 138 cm³/mol. The molecule has 1 fully saturated rings. The second kappa shape index (κ2) is 12.0. The van der Waals surface area contributed by atoms with E-state index in [9.17, 15) is 14.0 Å². The summed E-state index contributed by atoms with van der Waals surface area (Å²) in [7, 11) is 0. The van der Waals surface area contributed by atoms with Gasteiger partial charge in [-0.15, -0.1) is 0 Å². The van der Waals surface area contributed by atoms with Gasteiger partial charge in [0.1, 0.15) is 24.8 Å². The Morgan fingerprint density at radius 3 is 2.47 bits per heavy atom. The van der Waals surface area contributed by atoms with Gasteiger partial charge in [-0.2, -0.15) is 0 Å². The molecule has 0 radical (unpaired) electrons. The summed E-state index contributed by atoms with van der Waals surface area (Å²) in [5.41, 5.74) is 0.750. The van der Waals surface area contributed by atoms with Crippen molar-refractivity contribution in [2.75, 3.05) is 19.8 Å². The normalized spacial score (nSPS) is 14.4. The monoisotopic (exact) mass is 527 g/mol. The number of halogens is 2. The predicted octanol–water partition coefficient (Wildman–Crippen LogP) is 6.57. The standard InChI is InChI=1S/C27H23ClFNO5S/c1-2-33-24-15-18(11-12-23(24)35-14-13-34-19-7-4-3-5-8-19)16-25-26(31)30(27(32)36-25)17-20-21(28)9-6-10-22(20)29/h3-12,15-16H,2,13-14,17H2,1H3/b25-16-. The molecular formula is C27H23ClFNO5S. The van der Waals surface area contributed by atoms with Gasteiger partial charge in [0.25, 0.3) is 11.1 Å². The topological polar surface area (TPSA) is 65.1 Å². The van der Waals surface area contributed by atoms with E-state index >= 15 is 0 Å². The quantitative estimate of drug-likeness (QED) is 0.219. The van der Waals surface area contributed by atoms with E-state index in [1.807, 2.05) is 37.3 Å². The van der Waals surface area contributed by atoms with Crippen LogP contribution in [0.1, 0.15) is 18.1 Å². The molecule has 3 aromatic carbocycles. The van der Waals surface area contributed by atoms with Gasteiger partial charge < -0.3 is 14.2 Å². The fourth-order valence-corrected chi connectivity index (χ4v) is 4.52. The number of carbonyl (C=O) groups excluding carboxylic acids is 2. The number of para-hydroxylation sites is 1. The van der Waals surface area contributed by atoms with Crippen LogP contribution in [0.4, 0.5) is 9.18 Å². The zero-order valence-corrected chi connectivity index (χ0v) is 21.0. The second-order valence-electron chi connectivity index (χ2n) is 7.62. The van der Waals surface area contributed by atoms with Crippen LogP contribution >= 0.6 is 23.4 Å². The lowest BCUT2D eigenvalue weighted by Crippen LogP contribution is -2.28. The van der Waals surface area contributed by atoms with Gasteiger partial charge in [0.2, 0.25) is 0 Å². The minimum Gasteiger partial charge on any atom is -0.490 e. The highest BCUT2D eigenvalue weighted by molar-refractivity contribution is 8.18. The molecule has 0 N–H and O–H groups in total. The van der Waals surface area contributed by atoms with Crippen LogP contribution in [0.25, 0.3) is 6.08 Å². The summed E-state index contributed by atoms with van der Waals surface area (Å²) in [6, 6.07) is 18.9. The van der Waals surface area contributed by atoms with Crippen molar-refractivity contribution >= 4 is 40.6 Å². The highest BCUT2D eigenvalue weighted by Crippen LogP contribution is 2.36. The van der Waals surface area contributed by atoms with Gasteiger partial charge in [-0.1, -0.05) is 41.9 Å². The molecule has 3 aromatic rings. The number of hydrogen-bond acceptors (Lipinski definition) is 6. The fraction of sp³-hybridized carbons (Fsp3) is 0.185. The Kier molecular flexibility index (Phi) is 8.51. The smallest absolute Gasteiger partial charge is 0.293 e. The number of carbonyl (C=O) groups is 2. The molecule has 9 heteroatoms. The van der Waals surface area contributed by atoms with E-state index in [0.29, 0.717) is 36.9 Å². The molecule has 36 heavy (non-hydrogen) atoms. The Morgan fingerprint density at radius 2 is 1.72 bits per heavy atom. The van der Waals surface area contributed by atoms with Gasteiger partial charge >= 0.3 is 0 Å². The van der Waals surface area contributed by atoms with E-state index in [4.69, 9.17) is 25.8 Å². The van der Waals surface area contributed by atoms with Crippen LogP contribution in [0.5, 0.6) is 17.2 Å². The second-order valence-corrected chi connectivity index (χ2v) is 9.02. The van der Waals surface area contributed by atoms with Crippen LogP contribution in [-0.2, 0) is 11.3 Å². The van der Waals surface area contributed by atoms with Crippen molar-refractivity contribution < 1.29 is 28.2 Å². The van der Waals surface area contributed by atoms with Crippen molar-refractivity contribution in [1.29, 1.82) is 0 Å². The van der Waals surface area contributed by atoms with Crippen molar-refractivity contribution in [2.24, 2.45) is 0 Å². The van der Waals surface area contributed by atoms with Gasteiger partial charge in [0, 0.05) is 10.6 Å². The molecule has 1 saturated heterocycles. The summed E-state index contributed by atoms with van der Waals surface area (Å²) < 4.78 is 31.3. The van der Waals surface area contributed by atoms with E-state index in [0.717, 1.165) is 22.4 Å². The zero-order valence-electron chi connectivity index (χ0n) is 19.4. The van der Waals surface area contributed by atoms with E-state index in [-0.39, 0.29) is 22.0 Å². The third-order valence-electron chi connectivity index (χ3n) is 5.17. The van der Waals surface area contributed by atoms with Crippen molar-refractivity contribution in [1.82, 2.24) is 4.90 Å². The largest absolute Gasteiger partial charge is 0.490 e. The number of benzene rings is 3. The lowest BCUT2D eigenvalue weighted by Gasteiger charge is -2.14. The molecule has 4 rings (SSSR count). The maximum atomic E-state index is 14.2. The van der Waals surface area contributed by atoms with E-state index in [2.05, 4.69) is 0 Å². The van der Waals surface area contributed by atoms with Crippen LogP contribution in [-0.4, -0.2) is 35.9 Å². The summed E-state index contributed by atoms with van der Waals surface area (Å²) >= 11 is 6.85. The molecule has 0 aromatic heterocycles. The number of hydrogen-bond donors (Lipinski definition) is 0. The first-order valence-electron chi connectivity index (χ1n) is 11.2. The van der Waals surface area contributed by atoms with E-state index in [1.165, 1.54) is 18.2 Å². The number of rotatable bonds is 10. The van der Waals surface area contributed by atoms with Crippen molar-refractivity contribution in [2.45, 2.75) is 13.5 Å². The highest BCUT2D eigenvalue weighted by atomic mass is 35.5. The first-order chi connectivity index (χ1) is 17.5. The van der Waals surface area contributed by atoms with Gasteiger partial charge in [-0.25, -0.2) is 4.39 Å². The Bertz CT molecular complexity index is 1260. The summed E-state index contributed by atoms with van der Waals surface area (Å²) in [6.45, 7) is 2.70.